The lowest BCUT2D eigenvalue weighted by Crippen LogP contribution is -2.29. The monoisotopic (exact) mass is 470 g/mol. The van der Waals surface area contributed by atoms with E-state index in [4.69, 9.17) is 14.5 Å². The Morgan fingerprint density at radius 3 is 2.51 bits per heavy atom. The van der Waals surface area contributed by atoms with Crippen LogP contribution in [0.4, 0.5) is 11.6 Å². The zero-order valence-electron chi connectivity index (χ0n) is 19.1. The maximum absolute atomic E-state index is 13.5. The molecular weight excluding hydrogens is 448 g/mol. The van der Waals surface area contributed by atoms with E-state index < -0.39 is 16.9 Å². The first kappa shape index (κ1) is 22.1. The molecule has 0 saturated heterocycles. The zero-order valence-corrected chi connectivity index (χ0v) is 19.1. The number of esters is 1. The number of nitro benzene ring substituents is 1. The molecule has 0 unspecified atom stereocenters. The number of hydrogen-bond acceptors (Lipinski definition) is 7. The molecule has 0 aliphatic carbocycles. The van der Waals surface area contributed by atoms with E-state index in [-0.39, 0.29) is 17.9 Å². The molecule has 1 aliphatic heterocycles. The van der Waals surface area contributed by atoms with E-state index in [1.807, 2.05) is 41.0 Å². The predicted molar refractivity (Wildman–Crippen MR) is 131 cm³/mol. The Morgan fingerprint density at radius 1 is 1.09 bits per heavy atom. The van der Waals surface area contributed by atoms with Gasteiger partial charge >= 0.3 is 5.97 Å². The van der Waals surface area contributed by atoms with Crippen LogP contribution in [0.3, 0.4) is 0 Å². The van der Waals surface area contributed by atoms with Crippen molar-refractivity contribution in [1.29, 1.82) is 0 Å². The molecule has 0 spiro atoms. The summed E-state index contributed by atoms with van der Waals surface area (Å²) in [7, 11) is 1.57. The minimum atomic E-state index is -0.851. The first-order chi connectivity index (χ1) is 17.0. The summed E-state index contributed by atoms with van der Waals surface area (Å²) in [6, 6.07) is 20.2. The van der Waals surface area contributed by atoms with Crippen molar-refractivity contribution >= 4 is 34.3 Å². The number of methoxy groups -OCH3 is 1. The van der Waals surface area contributed by atoms with Gasteiger partial charge in [0.05, 0.1) is 46.5 Å². The van der Waals surface area contributed by atoms with Gasteiger partial charge in [0.1, 0.15) is 11.8 Å². The number of carbonyl (C=O) groups excluding carboxylic acids is 1. The predicted octanol–water partition coefficient (Wildman–Crippen LogP) is 4.94. The number of rotatable bonds is 6. The number of benzene rings is 3. The van der Waals surface area contributed by atoms with Gasteiger partial charge in [-0.2, -0.15) is 0 Å². The first-order valence-electron chi connectivity index (χ1n) is 11.1. The summed E-state index contributed by atoms with van der Waals surface area (Å²) in [4.78, 5) is 29.8. The molecule has 0 amide bonds. The number of para-hydroxylation sites is 3. The summed E-state index contributed by atoms with van der Waals surface area (Å²) < 4.78 is 12.6. The molecule has 5 rings (SSSR count). The second kappa shape index (κ2) is 8.94. The van der Waals surface area contributed by atoms with Crippen molar-refractivity contribution in [3.63, 3.8) is 0 Å². The lowest BCUT2D eigenvalue weighted by atomic mass is 9.91. The fourth-order valence-corrected chi connectivity index (χ4v) is 4.43. The standard InChI is InChI=1S/C26H22N4O5/c1-3-35-25(31)22-23(16-12-14-17(34-2)15-13-16)28-26-27-19-9-5-7-11-21(19)29(26)24(22)18-8-4-6-10-20(18)30(32)33/h4-15,24H,3H2,1-2H3,(H,27,28)/t24-/m1/s1. The van der Waals surface area contributed by atoms with Crippen molar-refractivity contribution in [3.05, 3.63) is 99.6 Å². The average molecular weight is 470 g/mol. The average Bonchev–Trinajstić information content (AvgIpc) is 3.26. The molecule has 1 aromatic heterocycles. The van der Waals surface area contributed by atoms with E-state index in [9.17, 15) is 14.9 Å². The molecule has 0 radical (unpaired) electrons. The lowest BCUT2D eigenvalue weighted by molar-refractivity contribution is -0.385. The molecule has 4 aromatic rings. The van der Waals surface area contributed by atoms with Crippen LogP contribution in [0.2, 0.25) is 0 Å². The Hall–Kier alpha value is -4.66. The highest BCUT2D eigenvalue weighted by molar-refractivity contribution is 6.03. The highest BCUT2D eigenvalue weighted by Crippen LogP contribution is 2.44. The number of nitro groups is 1. The highest BCUT2D eigenvalue weighted by Gasteiger charge is 2.39. The van der Waals surface area contributed by atoms with Gasteiger partial charge in [0.15, 0.2) is 0 Å². The number of fused-ring (bicyclic) bond motifs is 3. The first-order valence-corrected chi connectivity index (χ1v) is 11.1. The van der Waals surface area contributed by atoms with Crippen LogP contribution in [0.25, 0.3) is 16.7 Å². The normalized spacial score (nSPS) is 14.9. The van der Waals surface area contributed by atoms with E-state index in [0.29, 0.717) is 34.0 Å². The van der Waals surface area contributed by atoms with Crippen LogP contribution in [-0.4, -0.2) is 34.2 Å². The third-order valence-electron chi connectivity index (χ3n) is 5.94. The Balaban J connectivity index is 1.85. The summed E-state index contributed by atoms with van der Waals surface area (Å²) >= 11 is 0. The molecule has 1 aliphatic rings. The number of aromatic nitrogens is 2. The second-order valence-electron chi connectivity index (χ2n) is 7.88. The summed E-state index contributed by atoms with van der Waals surface area (Å²) in [6.07, 6.45) is 0. The van der Waals surface area contributed by atoms with Gasteiger partial charge in [-0.25, -0.2) is 9.78 Å². The Morgan fingerprint density at radius 2 is 1.80 bits per heavy atom. The SMILES string of the molecule is CCOC(=O)C1=C(c2ccc(OC)cc2)Nc2nc3ccccc3n2[C@@H]1c1ccccc1[N+](=O)[O-]. The van der Waals surface area contributed by atoms with Crippen LogP contribution in [0.15, 0.2) is 78.4 Å². The van der Waals surface area contributed by atoms with Crippen LogP contribution in [0, 0.1) is 10.1 Å². The van der Waals surface area contributed by atoms with Gasteiger partial charge in [-0.05, 0) is 55.0 Å². The van der Waals surface area contributed by atoms with Gasteiger partial charge in [0.2, 0.25) is 5.95 Å². The van der Waals surface area contributed by atoms with Gasteiger partial charge in [0, 0.05) is 6.07 Å². The topological polar surface area (TPSA) is 109 Å². The van der Waals surface area contributed by atoms with E-state index in [1.54, 1.807) is 44.4 Å². The Labute approximate surface area is 200 Å². The molecule has 1 N–H and O–H groups in total. The third kappa shape index (κ3) is 3.76. The van der Waals surface area contributed by atoms with Crippen molar-refractivity contribution < 1.29 is 19.2 Å². The smallest absolute Gasteiger partial charge is 0.338 e. The van der Waals surface area contributed by atoms with Crippen molar-refractivity contribution in [1.82, 2.24) is 9.55 Å². The third-order valence-corrected chi connectivity index (χ3v) is 5.94. The van der Waals surface area contributed by atoms with Crippen molar-refractivity contribution in [3.8, 4) is 5.75 Å². The number of imidazole rings is 1. The highest BCUT2D eigenvalue weighted by atomic mass is 16.6. The molecule has 9 heteroatoms. The summed E-state index contributed by atoms with van der Waals surface area (Å²) in [5, 5.41) is 15.3. The molecule has 2 heterocycles. The summed E-state index contributed by atoms with van der Waals surface area (Å²) in [5.74, 6) is 0.552. The molecule has 0 saturated carbocycles. The molecular formula is C26H22N4O5. The summed E-state index contributed by atoms with van der Waals surface area (Å²) in [5.41, 5.74) is 3.10. The van der Waals surface area contributed by atoms with Gasteiger partial charge in [-0.15, -0.1) is 0 Å². The molecule has 0 fully saturated rings. The molecule has 35 heavy (non-hydrogen) atoms. The van der Waals surface area contributed by atoms with Crippen LogP contribution >= 0.6 is 0 Å². The van der Waals surface area contributed by atoms with Crippen molar-refractivity contribution in [2.45, 2.75) is 13.0 Å². The number of ether oxygens (including phenoxy) is 2. The lowest BCUT2D eigenvalue weighted by Gasteiger charge is -2.31. The number of anilines is 1. The number of nitrogens with zero attached hydrogens (tertiary/aromatic N) is 3. The van der Waals surface area contributed by atoms with E-state index in [1.165, 1.54) is 6.07 Å². The minimum absolute atomic E-state index is 0.0981. The Kier molecular flexibility index (Phi) is 5.66. The molecule has 9 nitrogen and oxygen atoms in total. The maximum atomic E-state index is 13.5. The van der Waals surface area contributed by atoms with Crippen molar-refractivity contribution in [2.75, 3.05) is 19.0 Å². The molecule has 176 valence electrons. The number of hydrogen-bond donors (Lipinski definition) is 1. The number of carbonyl (C=O) groups is 1. The second-order valence-corrected chi connectivity index (χ2v) is 7.88. The fourth-order valence-electron chi connectivity index (χ4n) is 4.43. The maximum Gasteiger partial charge on any atom is 0.338 e. The van der Waals surface area contributed by atoms with Crippen LogP contribution < -0.4 is 10.1 Å². The van der Waals surface area contributed by atoms with E-state index in [0.717, 1.165) is 5.52 Å². The van der Waals surface area contributed by atoms with Crippen LogP contribution in [0.1, 0.15) is 24.1 Å². The van der Waals surface area contributed by atoms with Crippen LogP contribution in [-0.2, 0) is 9.53 Å². The molecule has 3 aromatic carbocycles. The largest absolute Gasteiger partial charge is 0.497 e. The van der Waals surface area contributed by atoms with Gasteiger partial charge < -0.3 is 14.8 Å². The van der Waals surface area contributed by atoms with Gasteiger partial charge in [0.25, 0.3) is 5.69 Å². The molecule has 0 bridgehead atoms. The van der Waals surface area contributed by atoms with E-state index in [2.05, 4.69) is 5.32 Å². The fraction of sp³-hybridized carbons (Fsp3) is 0.154. The number of nitrogens with one attached hydrogen (secondary N) is 1. The molecule has 1 atom stereocenters. The van der Waals surface area contributed by atoms with Gasteiger partial charge in [-0.3, -0.25) is 14.7 Å². The zero-order chi connectivity index (χ0) is 24.5. The minimum Gasteiger partial charge on any atom is -0.497 e. The van der Waals surface area contributed by atoms with E-state index >= 15 is 0 Å². The summed E-state index contributed by atoms with van der Waals surface area (Å²) in [6.45, 7) is 1.87. The Bertz CT molecular complexity index is 1470. The van der Waals surface area contributed by atoms with Crippen molar-refractivity contribution in [2.24, 2.45) is 0 Å². The van der Waals surface area contributed by atoms with Crippen LogP contribution in [0.5, 0.6) is 5.75 Å². The van der Waals surface area contributed by atoms with Gasteiger partial charge in [-0.1, -0.05) is 24.3 Å². The quantitative estimate of drug-likeness (QED) is 0.241.